The maximum absolute atomic E-state index is 11.5. The summed E-state index contributed by atoms with van der Waals surface area (Å²) in [6, 6.07) is 0. The zero-order valence-electron chi connectivity index (χ0n) is 9.04. The van der Waals surface area contributed by atoms with Crippen LogP contribution in [-0.2, 0) is 4.79 Å². The van der Waals surface area contributed by atoms with Crippen LogP contribution in [0.3, 0.4) is 0 Å². The zero-order chi connectivity index (χ0) is 10.4. The Balaban J connectivity index is 2.15. The van der Waals surface area contributed by atoms with E-state index >= 15 is 0 Å². The Morgan fingerprint density at radius 1 is 1.43 bits per heavy atom. The maximum Gasteiger partial charge on any atom is 0.222 e. The minimum absolute atomic E-state index is 0.364. The van der Waals surface area contributed by atoms with Crippen molar-refractivity contribution in [3.8, 4) is 0 Å². The van der Waals surface area contributed by atoms with Gasteiger partial charge in [0.05, 0.1) is 0 Å². The van der Waals surface area contributed by atoms with Crippen molar-refractivity contribution in [1.82, 2.24) is 4.90 Å². The normalized spacial score (nSPS) is 22.0. The number of thiol groups is 1. The molecule has 0 aromatic carbocycles. The van der Waals surface area contributed by atoms with E-state index in [1.807, 2.05) is 4.90 Å². The summed E-state index contributed by atoms with van der Waals surface area (Å²) in [6.45, 7) is 4.13. The fourth-order valence-electron chi connectivity index (χ4n) is 1.93. The molecule has 1 atom stereocenters. The fourth-order valence-corrected chi connectivity index (χ4v) is 2.16. The summed E-state index contributed by atoms with van der Waals surface area (Å²) in [6.07, 6.45) is 5.43. The molecule has 0 radical (unpaired) electrons. The molecule has 0 saturated carbocycles. The second kappa shape index (κ2) is 6.33. The van der Waals surface area contributed by atoms with E-state index in [1.165, 1.54) is 12.8 Å². The number of rotatable bonds is 6. The molecule has 1 fully saturated rings. The number of carbonyl (C=O) groups excluding carboxylic acids is 1. The first-order chi connectivity index (χ1) is 6.77. The largest absolute Gasteiger partial charge is 0.342 e. The topological polar surface area (TPSA) is 20.3 Å². The highest BCUT2D eigenvalue weighted by atomic mass is 32.1. The first-order valence-electron chi connectivity index (χ1n) is 5.66. The Morgan fingerprint density at radius 2 is 2.21 bits per heavy atom. The molecule has 1 saturated heterocycles. The molecule has 0 bridgehead atoms. The third-order valence-electron chi connectivity index (χ3n) is 2.96. The number of hydrogen-bond acceptors (Lipinski definition) is 2. The van der Waals surface area contributed by atoms with Gasteiger partial charge < -0.3 is 4.90 Å². The Hall–Kier alpha value is -0.180. The van der Waals surface area contributed by atoms with E-state index in [0.717, 1.165) is 38.1 Å². The monoisotopic (exact) mass is 215 g/mol. The van der Waals surface area contributed by atoms with E-state index in [-0.39, 0.29) is 0 Å². The first kappa shape index (κ1) is 11.9. The zero-order valence-corrected chi connectivity index (χ0v) is 9.93. The highest BCUT2D eigenvalue weighted by Gasteiger charge is 2.27. The number of carbonyl (C=O) groups is 1. The highest BCUT2D eigenvalue weighted by molar-refractivity contribution is 7.80. The molecule has 1 heterocycles. The summed E-state index contributed by atoms with van der Waals surface area (Å²) < 4.78 is 0. The quantitative estimate of drug-likeness (QED) is 0.533. The van der Waals surface area contributed by atoms with Gasteiger partial charge in [0.25, 0.3) is 0 Å². The van der Waals surface area contributed by atoms with Crippen LogP contribution in [0.15, 0.2) is 0 Å². The number of amides is 1. The standard InChI is InChI=1S/C11H21NOS/c1-2-10-8-11(13)12(9-10)6-4-3-5-7-14/h10,14H,2-9H2,1H3. The van der Waals surface area contributed by atoms with Gasteiger partial charge in [0.2, 0.25) is 5.91 Å². The van der Waals surface area contributed by atoms with Crippen LogP contribution >= 0.6 is 12.6 Å². The van der Waals surface area contributed by atoms with Gasteiger partial charge in [0.1, 0.15) is 0 Å². The van der Waals surface area contributed by atoms with Crippen molar-refractivity contribution in [1.29, 1.82) is 0 Å². The van der Waals surface area contributed by atoms with E-state index in [9.17, 15) is 4.79 Å². The second-order valence-corrected chi connectivity index (χ2v) is 4.55. The van der Waals surface area contributed by atoms with Gasteiger partial charge >= 0.3 is 0 Å². The number of hydrogen-bond donors (Lipinski definition) is 1. The summed E-state index contributed by atoms with van der Waals surface area (Å²) in [5, 5.41) is 0. The van der Waals surface area contributed by atoms with E-state index in [0.29, 0.717) is 11.8 Å². The van der Waals surface area contributed by atoms with Crippen molar-refractivity contribution in [2.24, 2.45) is 5.92 Å². The van der Waals surface area contributed by atoms with Gasteiger partial charge in [-0.3, -0.25) is 4.79 Å². The molecule has 0 spiro atoms. The molecule has 0 aromatic heterocycles. The van der Waals surface area contributed by atoms with E-state index in [2.05, 4.69) is 19.6 Å². The van der Waals surface area contributed by atoms with Crippen LogP contribution < -0.4 is 0 Å². The number of likely N-dealkylation sites (tertiary alicyclic amines) is 1. The second-order valence-electron chi connectivity index (χ2n) is 4.10. The number of unbranched alkanes of at least 4 members (excludes halogenated alkanes) is 2. The molecule has 1 amide bonds. The van der Waals surface area contributed by atoms with Crippen molar-refractivity contribution in [2.45, 2.75) is 39.0 Å². The van der Waals surface area contributed by atoms with Crippen LogP contribution in [-0.4, -0.2) is 29.6 Å². The number of nitrogens with zero attached hydrogens (tertiary/aromatic N) is 1. The summed E-state index contributed by atoms with van der Waals surface area (Å²) >= 11 is 4.17. The van der Waals surface area contributed by atoms with Crippen LogP contribution in [0.2, 0.25) is 0 Å². The van der Waals surface area contributed by atoms with Gasteiger partial charge in [-0.05, 0) is 24.5 Å². The summed E-state index contributed by atoms with van der Waals surface area (Å²) in [4.78, 5) is 13.6. The minimum atomic E-state index is 0.364. The molecule has 0 N–H and O–H groups in total. The molecule has 14 heavy (non-hydrogen) atoms. The van der Waals surface area contributed by atoms with Crippen molar-refractivity contribution >= 4 is 18.5 Å². The average Bonchev–Trinajstić information content (AvgIpc) is 2.54. The molecule has 1 rings (SSSR count). The Kier molecular flexibility index (Phi) is 5.38. The van der Waals surface area contributed by atoms with Gasteiger partial charge in [0, 0.05) is 19.5 Å². The van der Waals surface area contributed by atoms with E-state index < -0.39 is 0 Å². The molecular formula is C11H21NOS. The van der Waals surface area contributed by atoms with Gasteiger partial charge in [0.15, 0.2) is 0 Å². The molecule has 1 unspecified atom stereocenters. The predicted molar refractivity (Wildman–Crippen MR) is 62.7 cm³/mol. The fraction of sp³-hybridized carbons (Fsp3) is 0.909. The first-order valence-corrected chi connectivity index (χ1v) is 6.29. The van der Waals surface area contributed by atoms with Crippen LogP contribution in [0, 0.1) is 5.92 Å². The van der Waals surface area contributed by atoms with E-state index in [4.69, 9.17) is 0 Å². The van der Waals surface area contributed by atoms with Crippen LogP contribution in [0.1, 0.15) is 39.0 Å². The van der Waals surface area contributed by atoms with Crippen molar-refractivity contribution in [2.75, 3.05) is 18.8 Å². The summed E-state index contributed by atoms with van der Waals surface area (Å²) in [5.74, 6) is 1.95. The molecule has 3 heteroatoms. The summed E-state index contributed by atoms with van der Waals surface area (Å²) in [5.41, 5.74) is 0. The molecule has 0 aromatic rings. The lowest BCUT2D eigenvalue weighted by Crippen LogP contribution is -2.26. The van der Waals surface area contributed by atoms with Gasteiger partial charge in [-0.25, -0.2) is 0 Å². The Labute approximate surface area is 92.5 Å². The average molecular weight is 215 g/mol. The lowest BCUT2D eigenvalue weighted by molar-refractivity contribution is -0.127. The molecule has 2 nitrogen and oxygen atoms in total. The molecular weight excluding hydrogens is 194 g/mol. The Morgan fingerprint density at radius 3 is 2.79 bits per heavy atom. The molecule has 1 aliphatic heterocycles. The minimum Gasteiger partial charge on any atom is -0.342 e. The van der Waals surface area contributed by atoms with Crippen LogP contribution in [0.25, 0.3) is 0 Å². The lowest BCUT2D eigenvalue weighted by Gasteiger charge is -2.15. The molecule has 1 aliphatic rings. The van der Waals surface area contributed by atoms with E-state index in [1.54, 1.807) is 0 Å². The lowest BCUT2D eigenvalue weighted by atomic mass is 10.1. The van der Waals surface area contributed by atoms with Crippen molar-refractivity contribution in [3.05, 3.63) is 0 Å². The van der Waals surface area contributed by atoms with Crippen molar-refractivity contribution in [3.63, 3.8) is 0 Å². The van der Waals surface area contributed by atoms with Gasteiger partial charge in [-0.15, -0.1) is 0 Å². The highest BCUT2D eigenvalue weighted by Crippen LogP contribution is 2.20. The van der Waals surface area contributed by atoms with Crippen LogP contribution in [0.4, 0.5) is 0 Å². The molecule has 0 aliphatic carbocycles. The van der Waals surface area contributed by atoms with Crippen molar-refractivity contribution < 1.29 is 4.79 Å². The summed E-state index contributed by atoms with van der Waals surface area (Å²) in [7, 11) is 0. The van der Waals surface area contributed by atoms with Crippen LogP contribution in [0.5, 0.6) is 0 Å². The van der Waals surface area contributed by atoms with Gasteiger partial charge in [-0.2, -0.15) is 12.6 Å². The SMILES string of the molecule is CCC1CC(=O)N(CCCCCS)C1. The smallest absolute Gasteiger partial charge is 0.222 e. The Bertz CT molecular complexity index is 184. The predicted octanol–water partition coefficient (Wildman–Crippen LogP) is 2.35. The molecule has 82 valence electrons. The third kappa shape index (κ3) is 3.52. The van der Waals surface area contributed by atoms with Gasteiger partial charge in [-0.1, -0.05) is 19.8 Å². The maximum atomic E-state index is 11.5. The third-order valence-corrected chi connectivity index (χ3v) is 3.27.